The molecule has 0 aliphatic heterocycles. The van der Waals surface area contributed by atoms with E-state index >= 15 is 0 Å². The fourth-order valence-electron chi connectivity index (χ4n) is 3.33. The Labute approximate surface area is 202 Å². The molecule has 4 rings (SSSR count). The van der Waals surface area contributed by atoms with E-state index < -0.39 is 5.91 Å². The van der Waals surface area contributed by atoms with Gasteiger partial charge in [-0.05, 0) is 48.6 Å². The lowest BCUT2D eigenvalue weighted by atomic mass is 10.1. The van der Waals surface area contributed by atoms with Crippen LogP contribution in [0.3, 0.4) is 0 Å². The summed E-state index contributed by atoms with van der Waals surface area (Å²) in [4.78, 5) is 32.7. The number of carbonyl (C=O) groups excluding carboxylic acids is 2. The summed E-state index contributed by atoms with van der Waals surface area (Å²) in [6.45, 7) is 5.04. The van der Waals surface area contributed by atoms with Crippen LogP contribution in [0.5, 0.6) is 0 Å². The van der Waals surface area contributed by atoms with Gasteiger partial charge in [-0.15, -0.1) is 0 Å². The number of imidazole rings is 1. The summed E-state index contributed by atoms with van der Waals surface area (Å²) in [5, 5.41) is 15.1. The molecule has 0 saturated carbocycles. The Bertz CT molecular complexity index is 1280. The van der Waals surface area contributed by atoms with Crippen LogP contribution in [0, 0.1) is 5.92 Å². The first kappa shape index (κ1) is 25.1. The number of nitrogens with two attached hydrogens (primary N) is 1. The van der Waals surface area contributed by atoms with Crippen LogP contribution in [0.4, 0.5) is 5.13 Å². The van der Waals surface area contributed by atoms with Crippen molar-refractivity contribution in [2.45, 2.75) is 33.2 Å². The first-order valence-corrected chi connectivity index (χ1v) is 11.9. The molecular formula is C24H30N6O3S. The van der Waals surface area contributed by atoms with Gasteiger partial charge in [-0.25, -0.2) is 9.97 Å². The standard InChI is InChI=1S/C18H16N6O2S.C6H14O/c1-20-18-23-12-5-4-10(7-14(12)27-18)8-22-17(26)11-3-2-6-24-13(15(19)25)9-21-16(11)24;1-6(2)4-3-5-7/h2-7,9H,8H2,1H3,(H2,19,25)(H,20,23)(H,22,26);6-7H,3-5H2,1-2H3. The minimum atomic E-state index is -0.598. The van der Waals surface area contributed by atoms with E-state index in [2.05, 4.69) is 34.4 Å². The third-order valence-electron chi connectivity index (χ3n) is 5.09. The summed E-state index contributed by atoms with van der Waals surface area (Å²) in [5.41, 5.74) is 8.22. The molecule has 0 bridgehead atoms. The SMILES string of the molecule is CC(C)CCCO.CNc1nc2ccc(CNC(=O)c3cccn4c(C(N)=O)cnc34)cc2s1. The fraction of sp³-hybridized carbons (Fsp3) is 0.333. The Morgan fingerprint density at radius 2 is 2.06 bits per heavy atom. The number of hydrogen-bond acceptors (Lipinski definition) is 7. The summed E-state index contributed by atoms with van der Waals surface area (Å²) in [5.74, 6) is -0.131. The predicted molar refractivity (Wildman–Crippen MR) is 135 cm³/mol. The van der Waals surface area contributed by atoms with Gasteiger partial charge in [-0.3, -0.25) is 14.0 Å². The Morgan fingerprint density at radius 1 is 1.26 bits per heavy atom. The average Bonchev–Trinajstić information content (AvgIpc) is 3.45. The van der Waals surface area contributed by atoms with Gasteiger partial charge in [-0.1, -0.05) is 31.3 Å². The number of aliphatic hydroxyl groups is 1. The first-order chi connectivity index (χ1) is 16.3. The van der Waals surface area contributed by atoms with Crippen molar-refractivity contribution < 1.29 is 14.7 Å². The van der Waals surface area contributed by atoms with Crippen molar-refractivity contribution in [3.8, 4) is 0 Å². The molecule has 0 unspecified atom stereocenters. The number of nitrogens with one attached hydrogen (secondary N) is 2. The van der Waals surface area contributed by atoms with Gasteiger partial charge in [0, 0.05) is 26.4 Å². The third-order valence-corrected chi connectivity index (χ3v) is 6.13. The maximum Gasteiger partial charge on any atom is 0.267 e. The minimum Gasteiger partial charge on any atom is -0.396 e. The van der Waals surface area contributed by atoms with E-state index in [9.17, 15) is 9.59 Å². The summed E-state index contributed by atoms with van der Waals surface area (Å²) >= 11 is 1.56. The number of nitrogens with zero attached hydrogens (tertiary/aromatic N) is 3. The number of pyridine rings is 1. The molecule has 4 aromatic rings. The van der Waals surface area contributed by atoms with Gasteiger partial charge in [0.2, 0.25) is 0 Å². The number of hydrogen-bond donors (Lipinski definition) is 4. The van der Waals surface area contributed by atoms with Crippen LogP contribution < -0.4 is 16.4 Å². The second-order valence-electron chi connectivity index (χ2n) is 8.14. The molecule has 0 saturated heterocycles. The van der Waals surface area contributed by atoms with Crippen molar-refractivity contribution in [1.29, 1.82) is 0 Å². The highest BCUT2D eigenvalue weighted by Crippen LogP contribution is 2.26. The van der Waals surface area contributed by atoms with Crippen LogP contribution in [-0.2, 0) is 6.54 Å². The molecule has 0 radical (unpaired) electrons. The van der Waals surface area contributed by atoms with Gasteiger partial charge < -0.3 is 21.5 Å². The molecule has 0 fully saturated rings. The van der Waals surface area contributed by atoms with Gasteiger partial charge in [0.15, 0.2) is 5.13 Å². The lowest BCUT2D eigenvalue weighted by Crippen LogP contribution is -2.23. The summed E-state index contributed by atoms with van der Waals surface area (Å²) in [6, 6.07) is 9.22. The van der Waals surface area contributed by atoms with Crippen molar-refractivity contribution in [1.82, 2.24) is 19.7 Å². The summed E-state index contributed by atoms with van der Waals surface area (Å²) < 4.78 is 2.56. The normalized spacial score (nSPS) is 10.9. The van der Waals surface area contributed by atoms with Crippen LogP contribution in [0.2, 0.25) is 0 Å². The molecule has 5 N–H and O–H groups in total. The maximum absolute atomic E-state index is 12.6. The van der Waals surface area contributed by atoms with E-state index in [4.69, 9.17) is 10.8 Å². The van der Waals surface area contributed by atoms with Crippen molar-refractivity contribution in [3.63, 3.8) is 0 Å². The maximum atomic E-state index is 12.6. The molecule has 10 heteroatoms. The zero-order chi connectivity index (χ0) is 24.7. The van der Waals surface area contributed by atoms with E-state index in [1.807, 2.05) is 25.2 Å². The highest BCUT2D eigenvalue weighted by molar-refractivity contribution is 7.22. The lowest BCUT2D eigenvalue weighted by molar-refractivity contribution is 0.0949. The molecule has 0 spiro atoms. The molecule has 3 heterocycles. The Balaban J connectivity index is 0.000000406. The number of primary amides is 1. The van der Waals surface area contributed by atoms with Gasteiger partial charge in [-0.2, -0.15) is 0 Å². The second-order valence-corrected chi connectivity index (χ2v) is 9.17. The number of fused-ring (bicyclic) bond motifs is 2. The predicted octanol–water partition coefficient (Wildman–Crippen LogP) is 3.43. The summed E-state index contributed by atoms with van der Waals surface area (Å²) in [7, 11) is 1.83. The minimum absolute atomic E-state index is 0.232. The smallest absolute Gasteiger partial charge is 0.267 e. The van der Waals surface area contributed by atoms with Crippen molar-refractivity contribution >= 4 is 44.1 Å². The monoisotopic (exact) mass is 482 g/mol. The van der Waals surface area contributed by atoms with Crippen LogP contribution >= 0.6 is 11.3 Å². The number of carbonyl (C=O) groups is 2. The molecule has 34 heavy (non-hydrogen) atoms. The number of amides is 2. The molecule has 180 valence electrons. The lowest BCUT2D eigenvalue weighted by Gasteiger charge is -2.07. The molecule has 2 amide bonds. The molecular weight excluding hydrogens is 452 g/mol. The first-order valence-electron chi connectivity index (χ1n) is 11.1. The van der Waals surface area contributed by atoms with Gasteiger partial charge in [0.25, 0.3) is 11.8 Å². The van der Waals surface area contributed by atoms with Gasteiger partial charge >= 0.3 is 0 Å². The molecule has 9 nitrogen and oxygen atoms in total. The van der Waals surface area contributed by atoms with Crippen LogP contribution in [0.25, 0.3) is 15.9 Å². The van der Waals surface area contributed by atoms with E-state index in [1.54, 1.807) is 29.7 Å². The molecule has 0 atom stereocenters. The van der Waals surface area contributed by atoms with Gasteiger partial charge in [0.05, 0.1) is 22.0 Å². The number of anilines is 1. The fourth-order valence-corrected chi connectivity index (χ4v) is 4.22. The Morgan fingerprint density at radius 3 is 2.71 bits per heavy atom. The van der Waals surface area contributed by atoms with Crippen LogP contribution in [0.1, 0.15) is 53.1 Å². The highest BCUT2D eigenvalue weighted by Gasteiger charge is 2.15. The topological polar surface area (TPSA) is 135 Å². The highest BCUT2D eigenvalue weighted by atomic mass is 32.1. The molecule has 0 aliphatic carbocycles. The third kappa shape index (κ3) is 6.09. The molecule has 3 aromatic heterocycles. The number of aliphatic hydroxyl groups excluding tert-OH is 1. The van der Waals surface area contributed by atoms with E-state index in [0.29, 0.717) is 24.4 Å². The number of aromatic nitrogens is 3. The Hall–Kier alpha value is -3.50. The molecule has 0 aliphatic rings. The van der Waals surface area contributed by atoms with Crippen molar-refractivity contribution in [3.05, 3.63) is 59.5 Å². The zero-order valence-electron chi connectivity index (χ0n) is 19.5. The molecule has 1 aromatic carbocycles. The average molecular weight is 483 g/mol. The number of rotatable bonds is 8. The number of benzene rings is 1. The zero-order valence-corrected chi connectivity index (χ0v) is 20.4. The Kier molecular flexibility index (Phi) is 8.55. The largest absolute Gasteiger partial charge is 0.396 e. The quantitative estimate of drug-likeness (QED) is 0.304. The van der Waals surface area contributed by atoms with E-state index in [0.717, 1.165) is 39.7 Å². The van der Waals surface area contributed by atoms with Crippen molar-refractivity contribution in [2.75, 3.05) is 19.0 Å². The van der Waals surface area contributed by atoms with Crippen molar-refractivity contribution in [2.24, 2.45) is 11.7 Å². The summed E-state index contributed by atoms with van der Waals surface area (Å²) in [6.07, 6.45) is 5.12. The van der Waals surface area contributed by atoms with Gasteiger partial charge in [0.1, 0.15) is 11.3 Å². The van der Waals surface area contributed by atoms with Crippen LogP contribution in [-0.4, -0.2) is 44.9 Å². The second kappa shape index (κ2) is 11.6. The van der Waals surface area contributed by atoms with Crippen LogP contribution in [0.15, 0.2) is 42.7 Å². The van der Waals surface area contributed by atoms with E-state index in [1.165, 1.54) is 10.6 Å². The number of thiazole rings is 1. The van der Waals surface area contributed by atoms with E-state index in [-0.39, 0.29) is 11.6 Å².